The molecule has 0 aliphatic rings. The number of aliphatic hydroxyl groups is 1. The minimum absolute atomic E-state index is 0.237. The van der Waals surface area contributed by atoms with Crippen LogP contribution in [0.15, 0.2) is 73.1 Å². The number of aromatic nitrogens is 2. The normalized spacial score (nSPS) is 12.5. The molecule has 1 heterocycles. The summed E-state index contributed by atoms with van der Waals surface area (Å²) in [7, 11) is 0. The van der Waals surface area contributed by atoms with Gasteiger partial charge in [0.2, 0.25) is 0 Å². The van der Waals surface area contributed by atoms with Crippen molar-refractivity contribution in [2.24, 2.45) is 0 Å². The Kier molecular flexibility index (Phi) is 3.89. The highest BCUT2D eigenvalue weighted by Crippen LogP contribution is 2.25. The third-order valence-electron chi connectivity index (χ3n) is 4.12. The van der Waals surface area contributed by atoms with Gasteiger partial charge in [0.15, 0.2) is 0 Å². The SMILES string of the molecule is O[C@H](COc1cccc2ccccc12)Cn1cnc2ccccc21. The fraction of sp³-hybridized carbons (Fsp3) is 0.150. The van der Waals surface area contributed by atoms with Gasteiger partial charge in [-0.15, -0.1) is 0 Å². The summed E-state index contributed by atoms with van der Waals surface area (Å²) in [5.41, 5.74) is 1.95. The van der Waals surface area contributed by atoms with Gasteiger partial charge in [0, 0.05) is 5.39 Å². The first-order valence-corrected chi connectivity index (χ1v) is 8.00. The zero-order valence-corrected chi connectivity index (χ0v) is 13.2. The Morgan fingerprint density at radius 2 is 1.75 bits per heavy atom. The van der Waals surface area contributed by atoms with E-state index in [9.17, 15) is 5.11 Å². The number of imidazole rings is 1. The van der Waals surface area contributed by atoms with E-state index < -0.39 is 6.10 Å². The maximum atomic E-state index is 10.3. The number of hydrogen-bond donors (Lipinski definition) is 1. The van der Waals surface area contributed by atoms with Crippen LogP contribution in [0.5, 0.6) is 5.75 Å². The Balaban J connectivity index is 1.47. The zero-order chi connectivity index (χ0) is 16.4. The minimum Gasteiger partial charge on any atom is -0.490 e. The lowest BCUT2D eigenvalue weighted by molar-refractivity contribution is 0.0942. The highest BCUT2D eigenvalue weighted by molar-refractivity contribution is 5.88. The zero-order valence-electron chi connectivity index (χ0n) is 13.2. The van der Waals surface area contributed by atoms with Gasteiger partial charge in [-0.3, -0.25) is 0 Å². The van der Waals surface area contributed by atoms with Crippen LogP contribution in [0.4, 0.5) is 0 Å². The summed E-state index contributed by atoms with van der Waals surface area (Å²) in [5, 5.41) is 12.5. The molecule has 0 aliphatic heterocycles. The Hall–Kier alpha value is -2.85. The third-order valence-corrected chi connectivity index (χ3v) is 4.12. The molecule has 0 saturated carbocycles. The average Bonchev–Trinajstić information content (AvgIpc) is 3.03. The van der Waals surface area contributed by atoms with Crippen molar-refractivity contribution < 1.29 is 9.84 Å². The van der Waals surface area contributed by atoms with Crippen molar-refractivity contribution in [1.29, 1.82) is 0 Å². The number of rotatable bonds is 5. The molecule has 0 fully saturated rings. The van der Waals surface area contributed by atoms with Gasteiger partial charge in [-0.25, -0.2) is 4.98 Å². The second-order valence-corrected chi connectivity index (χ2v) is 5.83. The quantitative estimate of drug-likeness (QED) is 0.611. The highest BCUT2D eigenvalue weighted by Gasteiger charge is 2.10. The van der Waals surface area contributed by atoms with Gasteiger partial charge >= 0.3 is 0 Å². The highest BCUT2D eigenvalue weighted by atomic mass is 16.5. The van der Waals surface area contributed by atoms with Gasteiger partial charge in [0.1, 0.15) is 18.5 Å². The standard InChI is InChI=1S/C20H18N2O2/c23-16(12-22-14-21-18-9-3-4-10-19(18)22)13-24-20-11-5-7-15-6-1-2-8-17(15)20/h1-11,14,16,23H,12-13H2/t16-/m0/s1. The average molecular weight is 318 g/mol. The molecule has 1 aromatic heterocycles. The van der Waals surface area contributed by atoms with E-state index in [1.165, 1.54) is 0 Å². The van der Waals surface area contributed by atoms with E-state index in [2.05, 4.69) is 17.1 Å². The second-order valence-electron chi connectivity index (χ2n) is 5.83. The molecular weight excluding hydrogens is 300 g/mol. The molecule has 0 unspecified atom stereocenters. The summed E-state index contributed by atoms with van der Waals surface area (Å²) in [6.45, 7) is 0.686. The van der Waals surface area contributed by atoms with E-state index in [1.807, 2.05) is 59.2 Å². The van der Waals surface area contributed by atoms with E-state index in [1.54, 1.807) is 6.33 Å². The fourth-order valence-electron chi connectivity index (χ4n) is 2.94. The van der Waals surface area contributed by atoms with Crippen LogP contribution >= 0.6 is 0 Å². The van der Waals surface area contributed by atoms with Crippen molar-refractivity contribution in [3.05, 3.63) is 73.1 Å². The maximum absolute atomic E-state index is 10.3. The lowest BCUT2D eigenvalue weighted by atomic mass is 10.1. The molecule has 3 aromatic carbocycles. The first-order valence-electron chi connectivity index (χ1n) is 8.00. The smallest absolute Gasteiger partial charge is 0.127 e. The predicted molar refractivity (Wildman–Crippen MR) is 95.2 cm³/mol. The Morgan fingerprint density at radius 3 is 2.71 bits per heavy atom. The molecule has 1 atom stereocenters. The molecule has 0 amide bonds. The Labute approximate surface area is 139 Å². The molecule has 0 bridgehead atoms. The number of para-hydroxylation sites is 2. The lowest BCUT2D eigenvalue weighted by Crippen LogP contribution is -2.23. The number of fused-ring (bicyclic) bond motifs is 2. The summed E-state index contributed by atoms with van der Waals surface area (Å²) in [6.07, 6.45) is 1.15. The molecule has 4 rings (SSSR count). The van der Waals surface area contributed by atoms with Crippen molar-refractivity contribution in [2.75, 3.05) is 6.61 Å². The van der Waals surface area contributed by atoms with Gasteiger partial charge in [-0.2, -0.15) is 0 Å². The molecule has 4 heteroatoms. The summed E-state index contributed by atoms with van der Waals surface area (Å²) in [5.74, 6) is 0.794. The second kappa shape index (κ2) is 6.34. The van der Waals surface area contributed by atoms with Crippen molar-refractivity contribution in [2.45, 2.75) is 12.6 Å². The van der Waals surface area contributed by atoms with Gasteiger partial charge < -0.3 is 14.4 Å². The summed E-state index contributed by atoms with van der Waals surface area (Å²) < 4.78 is 7.81. The van der Waals surface area contributed by atoms with E-state index in [4.69, 9.17) is 4.74 Å². The van der Waals surface area contributed by atoms with E-state index in [-0.39, 0.29) is 6.61 Å². The van der Waals surface area contributed by atoms with Crippen LogP contribution in [-0.2, 0) is 6.54 Å². The van der Waals surface area contributed by atoms with Crippen molar-refractivity contribution >= 4 is 21.8 Å². The van der Waals surface area contributed by atoms with Crippen molar-refractivity contribution in [3.63, 3.8) is 0 Å². The Morgan fingerprint density at radius 1 is 0.958 bits per heavy atom. The summed E-state index contributed by atoms with van der Waals surface area (Å²) in [4.78, 5) is 4.34. The third kappa shape index (κ3) is 2.84. The topological polar surface area (TPSA) is 47.3 Å². The lowest BCUT2D eigenvalue weighted by Gasteiger charge is -2.15. The van der Waals surface area contributed by atoms with Crippen LogP contribution in [-0.4, -0.2) is 27.4 Å². The summed E-state index contributed by atoms with van der Waals surface area (Å²) >= 11 is 0. The van der Waals surface area contributed by atoms with E-state index >= 15 is 0 Å². The molecule has 0 aliphatic carbocycles. The number of nitrogens with zero attached hydrogens (tertiary/aromatic N) is 2. The molecule has 4 nitrogen and oxygen atoms in total. The molecule has 1 N–H and O–H groups in total. The molecule has 4 aromatic rings. The van der Waals surface area contributed by atoms with Crippen molar-refractivity contribution in [3.8, 4) is 5.75 Å². The number of aliphatic hydroxyl groups excluding tert-OH is 1. The van der Waals surface area contributed by atoms with Crippen LogP contribution in [0.3, 0.4) is 0 Å². The first-order chi connectivity index (χ1) is 11.8. The van der Waals surface area contributed by atoms with Gasteiger partial charge in [-0.05, 0) is 23.6 Å². The number of hydrogen-bond acceptors (Lipinski definition) is 3. The van der Waals surface area contributed by atoms with Crippen LogP contribution < -0.4 is 4.74 Å². The van der Waals surface area contributed by atoms with E-state index in [0.717, 1.165) is 27.6 Å². The van der Waals surface area contributed by atoms with E-state index in [0.29, 0.717) is 6.54 Å². The van der Waals surface area contributed by atoms with Crippen LogP contribution in [0.1, 0.15) is 0 Å². The molecule has 0 radical (unpaired) electrons. The van der Waals surface area contributed by atoms with Gasteiger partial charge in [0.25, 0.3) is 0 Å². The van der Waals surface area contributed by atoms with Gasteiger partial charge in [0.05, 0.1) is 23.9 Å². The predicted octanol–water partition coefficient (Wildman–Crippen LogP) is 3.63. The summed E-state index contributed by atoms with van der Waals surface area (Å²) in [6, 6.07) is 21.9. The largest absolute Gasteiger partial charge is 0.490 e. The molecule has 120 valence electrons. The fourth-order valence-corrected chi connectivity index (χ4v) is 2.94. The number of benzene rings is 3. The van der Waals surface area contributed by atoms with Crippen LogP contribution in [0, 0.1) is 0 Å². The van der Waals surface area contributed by atoms with Crippen LogP contribution in [0.25, 0.3) is 21.8 Å². The maximum Gasteiger partial charge on any atom is 0.127 e. The van der Waals surface area contributed by atoms with Crippen LogP contribution in [0.2, 0.25) is 0 Å². The minimum atomic E-state index is -0.610. The monoisotopic (exact) mass is 318 g/mol. The first kappa shape index (κ1) is 14.7. The molecule has 0 spiro atoms. The number of ether oxygens (including phenoxy) is 1. The molecule has 24 heavy (non-hydrogen) atoms. The van der Waals surface area contributed by atoms with Crippen molar-refractivity contribution in [1.82, 2.24) is 9.55 Å². The molecular formula is C20H18N2O2. The molecule has 0 saturated heterocycles. The van der Waals surface area contributed by atoms with Gasteiger partial charge in [-0.1, -0.05) is 48.5 Å². The Bertz CT molecular complexity index is 972.